The molecule has 2 aromatic carbocycles. The summed E-state index contributed by atoms with van der Waals surface area (Å²) in [6, 6.07) is 15.2. The number of nitrogens with one attached hydrogen (secondary N) is 1. The van der Waals surface area contributed by atoms with E-state index in [1.165, 1.54) is 0 Å². The summed E-state index contributed by atoms with van der Waals surface area (Å²) in [7, 11) is 1.67. The molecule has 4 heteroatoms. The van der Waals surface area contributed by atoms with Crippen molar-refractivity contribution >= 4 is 17.5 Å². The second-order valence-electron chi connectivity index (χ2n) is 5.14. The molecular formula is C17H16ClNO2. The van der Waals surface area contributed by atoms with E-state index in [-0.39, 0.29) is 11.9 Å². The maximum absolute atomic E-state index is 12.2. The van der Waals surface area contributed by atoms with Gasteiger partial charge in [0.2, 0.25) is 0 Å². The zero-order valence-electron chi connectivity index (χ0n) is 11.7. The fraction of sp³-hybridized carbons (Fsp3) is 0.235. The Morgan fingerprint density at radius 2 is 1.90 bits per heavy atom. The zero-order chi connectivity index (χ0) is 14.8. The van der Waals surface area contributed by atoms with Crippen molar-refractivity contribution in [2.75, 3.05) is 7.11 Å². The van der Waals surface area contributed by atoms with E-state index in [0.717, 1.165) is 17.7 Å². The van der Waals surface area contributed by atoms with Crippen molar-refractivity contribution in [2.45, 2.75) is 18.4 Å². The zero-order valence-corrected chi connectivity index (χ0v) is 12.4. The number of benzene rings is 2. The van der Waals surface area contributed by atoms with Gasteiger partial charge in [0.25, 0.3) is 5.91 Å². The highest BCUT2D eigenvalue weighted by Gasteiger charge is 2.41. The van der Waals surface area contributed by atoms with Gasteiger partial charge in [-0.15, -0.1) is 0 Å². The van der Waals surface area contributed by atoms with E-state index < -0.39 is 0 Å². The van der Waals surface area contributed by atoms with Gasteiger partial charge < -0.3 is 10.1 Å². The normalized spacial score (nSPS) is 19.9. The van der Waals surface area contributed by atoms with Crippen LogP contribution in [0.3, 0.4) is 0 Å². The molecule has 0 heterocycles. The standard InChI is InChI=1S/C17H16ClNO2/c1-21-16-9-5-3-6-11(16)13-10-15(13)19-17(20)12-7-2-4-8-14(12)18/h2-9,13,15H,10H2,1H3,(H,19,20). The van der Waals surface area contributed by atoms with Crippen LogP contribution >= 0.6 is 11.6 Å². The largest absolute Gasteiger partial charge is 0.496 e. The third-order valence-corrected chi connectivity index (χ3v) is 4.09. The SMILES string of the molecule is COc1ccccc1C1CC1NC(=O)c1ccccc1Cl. The van der Waals surface area contributed by atoms with Gasteiger partial charge in [0.15, 0.2) is 0 Å². The summed E-state index contributed by atoms with van der Waals surface area (Å²) in [6.45, 7) is 0. The van der Waals surface area contributed by atoms with Crippen LogP contribution in [0.2, 0.25) is 5.02 Å². The van der Waals surface area contributed by atoms with E-state index in [9.17, 15) is 4.79 Å². The lowest BCUT2D eigenvalue weighted by atomic mass is 10.1. The molecule has 3 rings (SSSR count). The molecule has 1 aliphatic carbocycles. The fourth-order valence-electron chi connectivity index (χ4n) is 2.56. The molecule has 0 radical (unpaired) electrons. The van der Waals surface area contributed by atoms with Crippen LogP contribution in [0.15, 0.2) is 48.5 Å². The molecule has 2 atom stereocenters. The summed E-state index contributed by atoms with van der Waals surface area (Å²) in [5.41, 5.74) is 1.66. The van der Waals surface area contributed by atoms with Gasteiger partial charge in [-0.1, -0.05) is 41.9 Å². The Morgan fingerprint density at radius 1 is 1.19 bits per heavy atom. The lowest BCUT2D eigenvalue weighted by Crippen LogP contribution is -2.26. The van der Waals surface area contributed by atoms with Gasteiger partial charge in [-0.2, -0.15) is 0 Å². The van der Waals surface area contributed by atoms with E-state index in [2.05, 4.69) is 5.32 Å². The Balaban J connectivity index is 1.69. The predicted molar refractivity (Wildman–Crippen MR) is 83.1 cm³/mol. The maximum atomic E-state index is 12.2. The minimum atomic E-state index is -0.122. The third-order valence-electron chi connectivity index (χ3n) is 3.76. The van der Waals surface area contributed by atoms with Crippen LogP contribution < -0.4 is 10.1 Å². The topological polar surface area (TPSA) is 38.3 Å². The second-order valence-corrected chi connectivity index (χ2v) is 5.55. The molecule has 1 fully saturated rings. The van der Waals surface area contributed by atoms with Crippen LogP contribution in [0.1, 0.15) is 28.3 Å². The molecule has 21 heavy (non-hydrogen) atoms. The molecule has 1 N–H and O–H groups in total. The van der Waals surface area contributed by atoms with E-state index >= 15 is 0 Å². The summed E-state index contributed by atoms with van der Waals surface area (Å²) in [5.74, 6) is 1.06. The summed E-state index contributed by atoms with van der Waals surface area (Å²) >= 11 is 6.04. The molecule has 0 spiro atoms. The van der Waals surface area contributed by atoms with Gasteiger partial charge in [0.1, 0.15) is 5.75 Å². The molecule has 1 aliphatic rings. The number of para-hydroxylation sites is 1. The van der Waals surface area contributed by atoms with Gasteiger partial charge >= 0.3 is 0 Å². The van der Waals surface area contributed by atoms with Crippen molar-refractivity contribution in [1.82, 2.24) is 5.32 Å². The number of hydrogen-bond donors (Lipinski definition) is 1. The molecule has 2 unspecified atom stereocenters. The van der Waals surface area contributed by atoms with Gasteiger partial charge in [-0.25, -0.2) is 0 Å². The smallest absolute Gasteiger partial charge is 0.253 e. The average molecular weight is 302 g/mol. The van der Waals surface area contributed by atoms with Crippen LogP contribution in [0, 0.1) is 0 Å². The van der Waals surface area contributed by atoms with Gasteiger partial charge in [0.05, 0.1) is 17.7 Å². The minimum Gasteiger partial charge on any atom is -0.496 e. The summed E-state index contributed by atoms with van der Waals surface area (Å²) < 4.78 is 5.37. The number of rotatable bonds is 4. The Bertz CT molecular complexity index is 671. The Morgan fingerprint density at radius 3 is 2.67 bits per heavy atom. The first-order chi connectivity index (χ1) is 10.2. The van der Waals surface area contributed by atoms with Crippen LogP contribution in [0.5, 0.6) is 5.75 Å². The lowest BCUT2D eigenvalue weighted by molar-refractivity contribution is 0.0950. The van der Waals surface area contributed by atoms with Crippen molar-refractivity contribution in [3.8, 4) is 5.75 Å². The van der Waals surface area contributed by atoms with Crippen LogP contribution in [-0.2, 0) is 0 Å². The summed E-state index contributed by atoms with van der Waals surface area (Å²) in [6.07, 6.45) is 0.927. The fourth-order valence-corrected chi connectivity index (χ4v) is 2.78. The Labute approximate surface area is 128 Å². The Kier molecular flexibility index (Phi) is 3.84. The number of amides is 1. The molecule has 0 aliphatic heterocycles. The van der Waals surface area contributed by atoms with Crippen LogP contribution in [0.25, 0.3) is 0 Å². The highest BCUT2D eigenvalue weighted by molar-refractivity contribution is 6.33. The number of carbonyl (C=O) groups excluding carboxylic acids is 1. The molecule has 0 aromatic heterocycles. The molecular weight excluding hydrogens is 286 g/mol. The van der Waals surface area contributed by atoms with E-state index in [0.29, 0.717) is 16.5 Å². The van der Waals surface area contributed by atoms with Crippen molar-refractivity contribution in [3.63, 3.8) is 0 Å². The number of methoxy groups -OCH3 is 1. The lowest BCUT2D eigenvalue weighted by Gasteiger charge is -2.09. The van der Waals surface area contributed by atoms with Crippen molar-refractivity contribution < 1.29 is 9.53 Å². The first-order valence-electron chi connectivity index (χ1n) is 6.89. The summed E-state index contributed by atoms with van der Waals surface area (Å²) in [5, 5.41) is 3.51. The first-order valence-corrected chi connectivity index (χ1v) is 7.27. The van der Waals surface area contributed by atoms with Gasteiger partial charge in [-0.05, 0) is 30.2 Å². The molecule has 1 saturated carbocycles. The average Bonchev–Trinajstić information content (AvgIpc) is 3.26. The number of halogens is 1. The highest BCUT2D eigenvalue weighted by atomic mass is 35.5. The van der Waals surface area contributed by atoms with E-state index in [1.807, 2.05) is 36.4 Å². The number of carbonyl (C=O) groups is 1. The molecule has 108 valence electrons. The molecule has 3 nitrogen and oxygen atoms in total. The Hall–Kier alpha value is -2.00. The predicted octanol–water partition coefficient (Wildman–Crippen LogP) is 3.63. The quantitative estimate of drug-likeness (QED) is 0.936. The monoisotopic (exact) mass is 301 g/mol. The van der Waals surface area contributed by atoms with Crippen LogP contribution in [0.4, 0.5) is 0 Å². The molecule has 0 saturated heterocycles. The van der Waals surface area contributed by atoms with Crippen molar-refractivity contribution in [2.24, 2.45) is 0 Å². The molecule has 2 aromatic rings. The minimum absolute atomic E-state index is 0.122. The van der Waals surface area contributed by atoms with E-state index in [4.69, 9.17) is 16.3 Å². The second kappa shape index (κ2) is 5.78. The van der Waals surface area contributed by atoms with Crippen molar-refractivity contribution in [1.29, 1.82) is 0 Å². The summed E-state index contributed by atoms with van der Waals surface area (Å²) in [4.78, 5) is 12.2. The van der Waals surface area contributed by atoms with Gasteiger partial charge in [0, 0.05) is 12.0 Å². The van der Waals surface area contributed by atoms with E-state index in [1.54, 1.807) is 19.2 Å². The third kappa shape index (κ3) is 2.88. The highest BCUT2D eigenvalue weighted by Crippen LogP contribution is 2.44. The number of hydrogen-bond acceptors (Lipinski definition) is 2. The van der Waals surface area contributed by atoms with Gasteiger partial charge in [-0.3, -0.25) is 4.79 Å². The van der Waals surface area contributed by atoms with Crippen LogP contribution in [-0.4, -0.2) is 19.1 Å². The van der Waals surface area contributed by atoms with Crippen molar-refractivity contribution in [3.05, 3.63) is 64.7 Å². The maximum Gasteiger partial charge on any atom is 0.253 e. The molecule has 0 bridgehead atoms. The first kappa shape index (κ1) is 14.0. The number of ether oxygens (including phenoxy) is 1. The molecule has 1 amide bonds.